The summed E-state index contributed by atoms with van der Waals surface area (Å²) in [5, 5.41) is 10.2. The first-order chi connectivity index (χ1) is 14.6. The highest BCUT2D eigenvalue weighted by Crippen LogP contribution is 2.46. The van der Waals surface area contributed by atoms with E-state index in [2.05, 4.69) is 30.0 Å². The van der Waals surface area contributed by atoms with E-state index in [1.54, 1.807) is 0 Å². The van der Waals surface area contributed by atoms with Gasteiger partial charge in [-0.2, -0.15) is 5.26 Å². The molecule has 1 saturated carbocycles. The molecular formula is C26H32F2N2. The van der Waals surface area contributed by atoms with E-state index in [1.807, 2.05) is 18.2 Å². The van der Waals surface area contributed by atoms with Crippen molar-refractivity contribution >= 4 is 0 Å². The van der Waals surface area contributed by atoms with Crippen LogP contribution in [0, 0.1) is 28.9 Å². The third-order valence-electron chi connectivity index (χ3n) is 6.49. The average Bonchev–Trinajstić information content (AvgIpc) is 3.28. The Hall–Kier alpha value is -2.25. The van der Waals surface area contributed by atoms with Gasteiger partial charge in [0.25, 0.3) is 0 Å². The lowest BCUT2D eigenvalue weighted by atomic mass is 9.67. The highest BCUT2D eigenvalue weighted by atomic mass is 19.1. The van der Waals surface area contributed by atoms with E-state index in [-0.39, 0.29) is 11.5 Å². The summed E-state index contributed by atoms with van der Waals surface area (Å²) < 4.78 is 29.6. The first kappa shape index (κ1) is 22.4. The van der Waals surface area contributed by atoms with E-state index < -0.39 is 17.0 Å². The summed E-state index contributed by atoms with van der Waals surface area (Å²) in [7, 11) is 0. The molecule has 0 radical (unpaired) electrons. The number of nitrogens with zero attached hydrogens (tertiary/aromatic N) is 2. The Labute approximate surface area is 179 Å². The predicted octanol–water partition coefficient (Wildman–Crippen LogP) is 6.61. The lowest BCUT2D eigenvalue weighted by Crippen LogP contribution is -2.36. The van der Waals surface area contributed by atoms with Gasteiger partial charge in [-0.3, -0.25) is 4.90 Å². The molecule has 0 N–H and O–H groups in total. The monoisotopic (exact) mass is 410 g/mol. The second kappa shape index (κ2) is 10.7. The Balaban J connectivity index is 1.79. The average molecular weight is 411 g/mol. The van der Waals surface area contributed by atoms with Crippen LogP contribution in [0.3, 0.4) is 0 Å². The Morgan fingerprint density at radius 1 is 1.00 bits per heavy atom. The number of nitriles is 1. The molecule has 0 aliphatic heterocycles. The lowest BCUT2D eigenvalue weighted by molar-refractivity contribution is 0.234. The summed E-state index contributed by atoms with van der Waals surface area (Å²) in [5.41, 5.74) is 0.161. The zero-order valence-corrected chi connectivity index (χ0v) is 17.9. The largest absolute Gasteiger partial charge is 0.299 e. The minimum atomic E-state index is -1.09. The normalized spacial score (nSPS) is 16.5. The van der Waals surface area contributed by atoms with Crippen LogP contribution in [-0.4, -0.2) is 18.0 Å². The van der Waals surface area contributed by atoms with Crippen LogP contribution >= 0.6 is 0 Å². The fourth-order valence-corrected chi connectivity index (χ4v) is 5.09. The SMILES string of the molecule is CCCN(CCCC(C#N)(c1c(F)cccc1F)C1CCCC1)Cc1ccccc1. The molecule has 1 aliphatic rings. The maximum absolute atomic E-state index is 14.8. The molecule has 0 aromatic heterocycles. The van der Waals surface area contributed by atoms with Crippen molar-refractivity contribution in [1.82, 2.24) is 4.90 Å². The van der Waals surface area contributed by atoms with E-state index in [0.29, 0.717) is 6.42 Å². The molecule has 4 heteroatoms. The molecular weight excluding hydrogens is 378 g/mol. The van der Waals surface area contributed by atoms with Gasteiger partial charge in [-0.05, 0) is 68.8 Å². The van der Waals surface area contributed by atoms with Gasteiger partial charge < -0.3 is 0 Å². The first-order valence-electron chi connectivity index (χ1n) is 11.2. The van der Waals surface area contributed by atoms with Crippen LogP contribution in [0.1, 0.15) is 63.0 Å². The summed E-state index contributed by atoms with van der Waals surface area (Å²) in [5.74, 6) is -1.15. The zero-order chi connectivity index (χ0) is 21.4. The minimum absolute atomic E-state index is 0.00972. The first-order valence-corrected chi connectivity index (χ1v) is 11.2. The van der Waals surface area contributed by atoms with Crippen molar-refractivity contribution < 1.29 is 8.78 Å². The molecule has 1 aliphatic carbocycles. The number of rotatable bonds is 10. The molecule has 0 heterocycles. The van der Waals surface area contributed by atoms with Crippen LogP contribution in [0.25, 0.3) is 0 Å². The molecule has 0 saturated heterocycles. The van der Waals surface area contributed by atoms with E-state index in [4.69, 9.17) is 0 Å². The van der Waals surface area contributed by atoms with Gasteiger partial charge in [-0.15, -0.1) is 0 Å². The second-order valence-electron chi connectivity index (χ2n) is 8.53. The van der Waals surface area contributed by atoms with E-state index in [9.17, 15) is 14.0 Å². The van der Waals surface area contributed by atoms with Crippen LogP contribution in [-0.2, 0) is 12.0 Å². The molecule has 30 heavy (non-hydrogen) atoms. The number of halogens is 2. The molecule has 1 atom stereocenters. The third kappa shape index (κ3) is 5.08. The Morgan fingerprint density at radius 2 is 1.67 bits per heavy atom. The third-order valence-corrected chi connectivity index (χ3v) is 6.49. The molecule has 0 bridgehead atoms. The maximum Gasteiger partial charge on any atom is 0.130 e. The standard InChI is InChI=1S/C26H32F2N2/c1-2-17-30(19-21-10-4-3-5-11-21)18-9-16-26(20-29,22-12-6-7-13-22)25-23(27)14-8-15-24(25)28/h3-5,8,10-11,14-15,22H,2,6-7,9,12-13,16-19H2,1H3. The summed E-state index contributed by atoms with van der Waals surface area (Å²) >= 11 is 0. The van der Waals surface area contributed by atoms with Gasteiger partial charge in [-0.1, -0.05) is 56.2 Å². The minimum Gasteiger partial charge on any atom is -0.299 e. The predicted molar refractivity (Wildman–Crippen MR) is 117 cm³/mol. The Kier molecular flexibility index (Phi) is 7.99. The van der Waals surface area contributed by atoms with Crippen LogP contribution in [0.15, 0.2) is 48.5 Å². The van der Waals surface area contributed by atoms with Crippen LogP contribution in [0.4, 0.5) is 8.78 Å². The fraction of sp³-hybridized carbons (Fsp3) is 0.500. The number of benzene rings is 2. The molecule has 0 amide bonds. The van der Waals surface area contributed by atoms with E-state index in [0.717, 1.165) is 58.2 Å². The van der Waals surface area contributed by atoms with E-state index in [1.165, 1.54) is 23.8 Å². The van der Waals surface area contributed by atoms with Crippen molar-refractivity contribution in [2.45, 2.75) is 63.8 Å². The van der Waals surface area contributed by atoms with Gasteiger partial charge in [0.15, 0.2) is 0 Å². The second-order valence-corrected chi connectivity index (χ2v) is 8.53. The van der Waals surface area contributed by atoms with Gasteiger partial charge in [0.1, 0.15) is 11.6 Å². The van der Waals surface area contributed by atoms with Crippen LogP contribution < -0.4 is 0 Å². The number of hydrogen-bond donors (Lipinski definition) is 0. The molecule has 2 aromatic rings. The summed E-state index contributed by atoms with van der Waals surface area (Å²) in [6.07, 6.45) is 6.06. The molecule has 2 aromatic carbocycles. The smallest absolute Gasteiger partial charge is 0.130 e. The van der Waals surface area contributed by atoms with Gasteiger partial charge in [0.05, 0.1) is 11.5 Å². The molecule has 1 fully saturated rings. The summed E-state index contributed by atoms with van der Waals surface area (Å²) in [4.78, 5) is 2.38. The molecule has 2 nitrogen and oxygen atoms in total. The maximum atomic E-state index is 14.8. The highest BCUT2D eigenvalue weighted by Gasteiger charge is 2.45. The van der Waals surface area contributed by atoms with Gasteiger partial charge in [-0.25, -0.2) is 8.78 Å². The van der Waals surface area contributed by atoms with Gasteiger partial charge in [0, 0.05) is 12.1 Å². The van der Waals surface area contributed by atoms with Crippen molar-refractivity contribution in [3.63, 3.8) is 0 Å². The van der Waals surface area contributed by atoms with Crippen molar-refractivity contribution in [3.8, 4) is 6.07 Å². The number of hydrogen-bond acceptors (Lipinski definition) is 2. The molecule has 0 spiro atoms. The van der Waals surface area contributed by atoms with Crippen molar-refractivity contribution in [3.05, 3.63) is 71.3 Å². The van der Waals surface area contributed by atoms with Gasteiger partial charge >= 0.3 is 0 Å². The van der Waals surface area contributed by atoms with Gasteiger partial charge in [0.2, 0.25) is 0 Å². The Morgan fingerprint density at radius 3 is 2.27 bits per heavy atom. The van der Waals surface area contributed by atoms with E-state index >= 15 is 0 Å². The van der Waals surface area contributed by atoms with Crippen molar-refractivity contribution in [1.29, 1.82) is 5.26 Å². The Bertz CT molecular complexity index is 820. The fourth-order valence-electron chi connectivity index (χ4n) is 5.09. The van der Waals surface area contributed by atoms with Crippen molar-refractivity contribution in [2.75, 3.05) is 13.1 Å². The zero-order valence-electron chi connectivity index (χ0n) is 17.9. The molecule has 3 rings (SSSR count). The lowest BCUT2D eigenvalue weighted by Gasteiger charge is -2.34. The quantitative estimate of drug-likeness (QED) is 0.441. The molecule has 160 valence electrons. The molecule has 1 unspecified atom stereocenters. The topological polar surface area (TPSA) is 27.0 Å². The van der Waals surface area contributed by atoms with Crippen LogP contribution in [0.2, 0.25) is 0 Å². The summed E-state index contributed by atoms with van der Waals surface area (Å²) in [6, 6.07) is 16.7. The summed E-state index contributed by atoms with van der Waals surface area (Å²) in [6.45, 7) is 4.79. The highest BCUT2D eigenvalue weighted by molar-refractivity contribution is 5.36. The van der Waals surface area contributed by atoms with Crippen LogP contribution in [0.5, 0.6) is 0 Å². The van der Waals surface area contributed by atoms with Crippen molar-refractivity contribution in [2.24, 2.45) is 5.92 Å².